The average molecular weight is 325 g/mol. The van der Waals surface area contributed by atoms with Gasteiger partial charge in [0.05, 0.1) is 5.02 Å². The zero-order chi connectivity index (χ0) is 15.2. The third-order valence-electron chi connectivity index (χ3n) is 2.85. The molecule has 0 bridgehead atoms. The van der Waals surface area contributed by atoms with Crippen LogP contribution in [-0.2, 0) is 6.54 Å². The van der Waals surface area contributed by atoms with Gasteiger partial charge >= 0.3 is 0 Å². The van der Waals surface area contributed by atoms with Crippen LogP contribution in [0.25, 0.3) is 0 Å². The van der Waals surface area contributed by atoms with Crippen molar-refractivity contribution in [2.75, 3.05) is 6.54 Å². The molecule has 0 aliphatic heterocycles. The second-order valence-corrected chi connectivity index (χ2v) is 5.65. The van der Waals surface area contributed by atoms with E-state index in [1.54, 1.807) is 18.2 Å². The fourth-order valence-corrected chi connectivity index (χ4v) is 2.26. The molecular formula is C16H18Cl2N2O. The van der Waals surface area contributed by atoms with Gasteiger partial charge in [0.25, 0.3) is 0 Å². The Morgan fingerprint density at radius 2 is 2.00 bits per heavy atom. The highest BCUT2D eigenvalue weighted by atomic mass is 35.5. The topological polar surface area (TPSA) is 34.2 Å². The number of nitrogens with zero attached hydrogens (tertiary/aromatic N) is 1. The minimum atomic E-state index is 0.508. The zero-order valence-electron chi connectivity index (χ0n) is 12.1. The van der Waals surface area contributed by atoms with Crippen LogP contribution >= 0.6 is 23.2 Å². The van der Waals surface area contributed by atoms with E-state index in [9.17, 15) is 0 Å². The molecule has 0 saturated carbocycles. The Hall–Kier alpha value is -1.29. The standard InChI is InChI=1S/C16H18Cl2N2O/c1-3-6-19-10-12-7-11(2)20-16(8-12)21-15-9-13(17)4-5-14(15)18/h4-5,7-9,19H,3,6,10H2,1-2H3. The lowest BCUT2D eigenvalue weighted by Gasteiger charge is -2.10. The van der Waals surface area contributed by atoms with Gasteiger partial charge in [-0.2, -0.15) is 0 Å². The van der Waals surface area contributed by atoms with Gasteiger partial charge in [-0.15, -0.1) is 0 Å². The lowest BCUT2D eigenvalue weighted by atomic mass is 10.2. The quantitative estimate of drug-likeness (QED) is 0.760. The molecule has 0 aliphatic rings. The number of halogens is 2. The van der Waals surface area contributed by atoms with Crippen LogP contribution in [0.5, 0.6) is 11.6 Å². The van der Waals surface area contributed by atoms with Crippen LogP contribution in [0, 0.1) is 6.92 Å². The molecule has 0 saturated heterocycles. The van der Waals surface area contributed by atoms with E-state index < -0.39 is 0 Å². The normalized spacial score (nSPS) is 10.7. The summed E-state index contributed by atoms with van der Waals surface area (Å²) in [6, 6.07) is 9.06. The van der Waals surface area contributed by atoms with Gasteiger partial charge in [-0.05, 0) is 43.7 Å². The maximum absolute atomic E-state index is 6.10. The summed E-state index contributed by atoms with van der Waals surface area (Å²) in [6.45, 7) is 5.85. The first-order valence-corrected chi connectivity index (χ1v) is 7.65. The number of benzene rings is 1. The lowest BCUT2D eigenvalue weighted by molar-refractivity contribution is 0.460. The minimum Gasteiger partial charge on any atom is -0.437 e. The van der Waals surface area contributed by atoms with Gasteiger partial charge in [0.15, 0.2) is 0 Å². The second-order valence-electron chi connectivity index (χ2n) is 4.81. The average Bonchev–Trinajstić information content (AvgIpc) is 2.43. The number of hydrogen-bond acceptors (Lipinski definition) is 3. The highest BCUT2D eigenvalue weighted by Gasteiger charge is 2.07. The number of rotatable bonds is 6. The van der Waals surface area contributed by atoms with Gasteiger partial charge in [0, 0.05) is 29.4 Å². The monoisotopic (exact) mass is 324 g/mol. The van der Waals surface area contributed by atoms with E-state index in [-0.39, 0.29) is 0 Å². The number of pyridine rings is 1. The van der Waals surface area contributed by atoms with Crippen LogP contribution in [0.15, 0.2) is 30.3 Å². The van der Waals surface area contributed by atoms with E-state index in [0.717, 1.165) is 30.8 Å². The summed E-state index contributed by atoms with van der Waals surface area (Å²) in [7, 11) is 0. The van der Waals surface area contributed by atoms with E-state index in [4.69, 9.17) is 27.9 Å². The summed E-state index contributed by atoms with van der Waals surface area (Å²) in [6.07, 6.45) is 1.10. The Kier molecular flexibility index (Phi) is 5.85. The molecule has 2 rings (SSSR count). The molecule has 0 fully saturated rings. The minimum absolute atomic E-state index is 0.508. The summed E-state index contributed by atoms with van der Waals surface area (Å²) in [4.78, 5) is 4.38. The van der Waals surface area contributed by atoms with E-state index in [1.165, 1.54) is 0 Å². The maximum atomic E-state index is 6.10. The van der Waals surface area contributed by atoms with Crippen molar-refractivity contribution in [1.82, 2.24) is 10.3 Å². The second kappa shape index (κ2) is 7.64. The summed E-state index contributed by atoms with van der Waals surface area (Å²) in [5.41, 5.74) is 2.03. The molecule has 3 nitrogen and oxygen atoms in total. The fourth-order valence-electron chi connectivity index (χ4n) is 1.94. The van der Waals surface area contributed by atoms with E-state index in [0.29, 0.717) is 21.7 Å². The number of hydrogen-bond donors (Lipinski definition) is 1. The first-order valence-electron chi connectivity index (χ1n) is 6.89. The molecule has 0 aliphatic carbocycles. The van der Waals surface area contributed by atoms with Gasteiger partial charge in [-0.25, -0.2) is 4.98 Å². The van der Waals surface area contributed by atoms with Crippen molar-refractivity contribution in [2.24, 2.45) is 0 Å². The predicted octanol–water partition coefficient (Wildman–Crippen LogP) is 4.99. The summed E-state index contributed by atoms with van der Waals surface area (Å²) in [5.74, 6) is 1.03. The van der Waals surface area contributed by atoms with Gasteiger partial charge in [0.2, 0.25) is 5.88 Å². The van der Waals surface area contributed by atoms with Crippen molar-refractivity contribution in [1.29, 1.82) is 0 Å². The van der Waals surface area contributed by atoms with Crippen LogP contribution in [0.1, 0.15) is 24.6 Å². The predicted molar refractivity (Wildman–Crippen MR) is 87.5 cm³/mol. The van der Waals surface area contributed by atoms with Crippen molar-refractivity contribution in [3.05, 3.63) is 51.6 Å². The molecule has 1 heterocycles. The highest BCUT2D eigenvalue weighted by Crippen LogP contribution is 2.31. The van der Waals surface area contributed by atoms with Gasteiger partial charge in [-0.3, -0.25) is 0 Å². The molecule has 21 heavy (non-hydrogen) atoms. The smallest absolute Gasteiger partial charge is 0.219 e. The lowest BCUT2D eigenvalue weighted by Crippen LogP contribution is -2.14. The van der Waals surface area contributed by atoms with E-state index >= 15 is 0 Å². The first kappa shape index (κ1) is 16.1. The Balaban J connectivity index is 2.17. The molecule has 5 heteroatoms. The van der Waals surface area contributed by atoms with Crippen molar-refractivity contribution >= 4 is 23.2 Å². The summed E-state index contributed by atoms with van der Waals surface area (Å²) < 4.78 is 5.76. The highest BCUT2D eigenvalue weighted by molar-refractivity contribution is 6.34. The van der Waals surface area contributed by atoms with Crippen LogP contribution in [0.2, 0.25) is 10.0 Å². The van der Waals surface area contributed by atoms with Crippen molar-refractivity contribution in [3.63, 3.8) is 0 Å². The molecular weight excluding hydrogens is 307 g/mol. The summed E-state index contributed by atoms with van der Waals surface area (Å²) >= 11 is 12.1. The van der Waals surface area contributed by atoms with Gasteiger partial charge in [-0.1, -0.05) is 30.1 Å². The Bertz CT molecular complexity index is 617. The number of aromatic nitrogens is 1. The summed E-state index contributed by atoms with van der Waals surface area (Å²) in [5, 5.41) is 4.44. The number of aryl methyl sites for hydroxylation is 1. The van der Waals surface area contributed by atoms with Gasteiger partial charge in [0.1, 0.15) is 5.75 Å². The molecule has 2 aromatic rings. The molecule has 0 unspecified atom stereocenters. The van der Waals surface area contributed by atoms with Crippen LogP contribution in [0.3, 0.4) is 0 Å². The Morgan fingerprint density at radius 1 is 1.19 bits per heavy atom. The molecule has 0 amide bonds. The van der Waals surface area contributed by atoms with Crippen LogP contribution in [-0.4, -0.2) is 11.5 Å². The van der Waals surface area contributed by atoms with E-state index in [1.807, 2.05) is 19.1 Å². The Morgan fingerprint density at radius 3 is 2.76 bits per heavy atom. The third-order valence-corrected chi connectivity index (χ3v) is 3.40. The molecule has 0 atom stereocenters. The molecule has 112 valence electrons. The van der Waals surface area contributed by atoms with Gasteiger partial charge < -0.3 is 10.1 Å². The van der Waals surface area contributed by atoms with Crippen molar-refractivity contribution < 1.29 is 4.74 Å². The molecule has 1 aromatic carbocycles. The fraction of sp³-hybridized carbons (Fsp3) is 0.312. The van der Waals surface area contributed by atoms with Crippen molar-refractivity contribution in [2.45, 2.75) is 26.8 Å². The first-order chi connectivity index (χ1) is 10.1. The van der Waals surface area contributed by atoms with Crippen LogP contribution < -0.4 is 10.1 Å². The largest absolute Gasteiger partial charge is 0.437 e. The molecule has 1 N–H and O–H groups in total. The Labute approximate surface area is 135 Å². The number of ether oxygens (including phenoxy) is 1. The van der Waals surface area contributed by atoms with Crippen molar-refractivity contribution in [3.8, 4) is 11.6 Å². The molecule has 0 radical (unpaired) electrons. The zero-order valence-corrected chi connectivity index (χ0v) is 13.6. The van der Waals surface area contributed by atoms with Crippen LogP contribution in [0.4, 0.5) is 0 Å². The third kappa shape index (κ3) is 4.88. The number of nitrogens with one attached hydrogen (secondary N) is 1. The molecule has 0 spiro atoms. The maximum Gasteiger partial charge on any atom is 0.219 e. The van der Waals surface area contributed by atoms with E-state index in [2.05, 4.69) is 17.2 Å². The molecule has 1 aromatic heterocycles. The SMILES string of the molecule is CCCNCc1cc(C)nc(Oc2cc(Cl)ccc2Cl)c1.